The number of carbonyl (C=O) groups excluding carboxylic acids is 4. The van der Waals surface area contributed by atoms with Crippen LogP contribution in [-0.2, 0) is 31.8 Å². The second kappa shape index (κ2) is 16.9. The van der Waals surface area contributed by atoms with E-state index in [0.29, 0.717) is 69.3 Å². The van der Waals surface area contributed by atoms with Gasteiger partial charge in [0.2, 0.25) is 0 Å². The molecule has 4 aliphatic heterocycles. The maximum Gasteiger partial charge on any atom is 0.508 e. The molecule has 0 unspecified atom stereocenters. The summed E-state index contributed by atoms with van der Waals surface area (Å²) in [6.45, 7) is 9.87. The molecule has 2 aromatic carbocycles. The van der Waals surface area contributed by atoms with E-state index >= 15 is 0 Å². The number of nitrogens with zero attached hydrogens (tertiary/aromatic N) is 4. The number of phenolic OH excluding ortho intramolecular Hbond substituents is 1. The van der Waals surface area contributed by atoms with Crippen molar-refractivity contribution in [2.24, 2.45) is 0 Å². The number of nitrogens with one attached hydrogen (secondary N) is 1. The summed E-state index contributed by atoms with van der Waals surface area (Å²) in [5.74, 6) is -0.000520. The van der Waals surface area contributed by atoms with Crippen molar-refractivity contribution in [3.8, 4) is 5.75 Å². The molecule has 282 valence electrons. The minimum absolute atomic E-state index is 0.00378. The van der Waals surface area contributed by atoms with E-state index in [1.54, 1.807) is 11.8 Å². The van der Waals surface area contributed by atoms with Crippen molar-refractivity contribution < 1.29 is 38.5 Å². The smallest absolute Gasteiger partial charge is 0.507 e. The van der Waals surface area contributed by atoms with Gasteiger partial charge in [-0.1, -0.05) is 30.3 Å². The number of piperidine rings is 3. The van der Waals surface area contributed by atoms with E-state index in [9.17, 15) is 24.3 Å². The third-order valence-electron chi connectivity index (χ3n) is 11.1. The van der Waals surface area contributed by atoms with Crippen LogP contribution in [0.5, 0.6) is 5.75 Å². The predicted molar refractivity (Wildman–Crippen MR) is 194 cm³/mol. The van der Waals surface area contributed by atoms with E-state index in [0.717, 1.165) is 62.0 Å². The highest BCUT2D eigenvalue weighted by Gasteiger charge is 2.37. The number of anilines is 1. The fourth-order valence-electron chi connectivity index (χ4n) is 8.15. The van der Waals surface area contributed by atoms with Crippen LogP contribution < -0.4 is 5.32 Å². The summed E-state index contributed by atoms with van der Waals surface area (Å²) in [5, 5.41) is 13.4. The molecule has 2 aromatic rings. The molecule has 0 radical (unpaired) electrons. The van der Waals surface area contributed by atoms with E-state index in [-0.39, 0.29) is 36.3 Å². The molecule has 0 spiro atoms. The third-order valence-corrected chi connectivity index (χ3v) is 11.1. The molecule has 0 aliphatic carbocycles. The van der Waals surface area contributed by atoms with Crippen molar-refractivity contribution in [1.82, 2.24) is 19.6 Å². The zero-order valence-electron chi connectivity index (χ0n) is 30.7. The Bertz CT molecular complexity index is 1570. The Kier molecular flexibility index (Phi) is 12.1. The zero-order valence-corrected chi connectivity index (χ0v) is 30.7. The van der Waals surface area contributed by atoms with E-state index in [4.69, 9.17) is 14.2 Å². The van der Waals surface area contributed by atoms with E-state index < -0.39 is 18.4 Å². The number of likely N-dealkylation sites (tertiary alicyclic amines) is 3. The molecule has 13 nitrogen and oxygen atoms in total. The van der Waals surface area contributed by atoms with Crippen LogP contribution in [0.2, 0.25) is 0 Å². The van der Waals surface area contributed by atoms with Crippen LogP contribution in [-0.4, -0.2) is 126 Å². The molecule has 3 saturated heterocycles. The summed E-state index contributed by atoms with van der Waals surface area (Å²) >= 11 is 0. The summed E-state index contributed by atoms with van der Waals surface area (Å²) in [7, 11) is 0. The molecule has 4 amide bonds. The van der Waals surface area contributed by atoms with Crippen LogP contribution in [0.4, 0.5) is 20.1 Å². The Labute approximate surface area is 306 Å². The maximum absolute atomic E-state index is 14.1. The second-order valence-electron chi connectivity index (χ2n) is 14.5. The molecule has 52 heavy (non-hydrogen) atoms. The number of para-hydroxylation sites is 1. The summed E-state index contributed by atoms with van der Waals surface area (Å²) in [5.41, 5.74) is 4.17. The molecule has 0 saturated carbocycles. The van der Waals surface area contributed by atoms with Crippen molar-refractivity contribution in [2.75, 3.05) is 57.7 Å². The normalized spacial score (nSPS) is 20.1. The Morgan fingerprint density at radius 3 is 2.17 bits per heavy atom. The number of hydrogen-bond donors (Lipinski definition) is 2. The molecular formula is C39H53N5O8. The van der Waals surface area contributed by atoms with Gasteiger partial charge >= 0.3 is 18.3 Å². The van der Waals surface area contributed by atoms with Gasteiger partial charge in [-0.05, 0) is 94.0 Å². The Balaban J connectivity index is 1.05. The number of carbonyl (C=O) groups is 4. The number of hydrogen-bond acceptors (Lipinski definition) is 9. The van der Waals surface area contributed by atoms with E-state index in [2.05, 4.69) is 10.2 Å². The van der Waals surface area contributed by atoms with Crippen molar-refractivity contribution in [1.29, 1.82) is 0 Å². The molecule has 13 heteroatoms. The fraction of sp³-hybridized carbons (Fsp3) is 0.590. The number of amides is 4. The number of fused-ring (bicyclic) bond motifs is 1. The third kappa shape index (κ3) is 8.91. The van der Waals surface area contributed by atoms with Crippen molar-refractivity contribution in [2.45, 2.75) is 96.4 Å². The van der Waals surface area contributed by atoms with Crippen molar-refractivity contribution >= 4 is 29.9 Å². The first kappa shape index (κ1) is 37.2. The van der Waals surface area contributed by atoms with Crippen molar-refractivity contribution in [3.63, 3.8) is 0 Å². The van der Waals surface area contributed by atoms with E-state index in [1.807, 2.05) is 60.0 Å². The SMILES string of the molecule is CCOC(=O)OC1CCN(C2CCN(C(=O)[C@@H](Cc3cc(C)c(O)c(C)c3)OC(=O)N3CCC(N4CCc5ccccc5NC4=O)CC3)CC2)CC1. The van der Waals surface area contributed by atoms with Gasteiger partial charge in [-0.2, -0.15) is 0 Å². The minimum Gasteiger partial charge on any atom is -0.507 e. The van der Waals surface area contributed by atoms with Gasteiger partial charge in [-0.25, -0.2) is 14.4 Å². The summed E-state index contributed by atoms with van der Waals surface area (Å²) in [6.07, 6.45) is 3.00. The standard InChI is InChI=1S/C39H53N5O8/c1-4-50-39(49)51-32-14-20-41(21-15-32)30-10-16-42(17-11-30)36(46)34(25-28-23-26(2)35(45)27(3)24-28)52-38(48)43-18-12-31(13-19-43)44-22-9-29-7-5-6-8-33(29)40-37(44)47/h5-8,23-24,30-32,34,45H,4,9-22,25H2,1-3H3,(H,40,47)/t34-/m1/s1. The lowest BCUT2D eigenvalue weighted by atomic mass is 9.97. The number of benzene rings is 2. The average Bonchev–Trinajstić information content (AvgIpc) is 3.31. The molecular weight excluding hydrogens is 666 g/mol. The van der Waals surface area contributed by atoms with Crippen LogP contribution >= 0.6 is 0 Å². The van der Waals surface area contributed by atoms with Crippen LogP contribution in [0.3, 0.4) is 0 Å². The number of phenols is 1. The Morgan fingerprint density at radius 2 is 1.50 bits per heavy atom. The molecule has 0 bridgehead atoms. The highest BCUT2D eigenvalue weighted by Crippen LogP contribution is 2.28. The molecule has 3 fully saturated rings. The van der Waals surface area contributed by atoms with Crippen LogP contribution in [0.15, 0.2) is 36.4 Å². The van der Waals surface area contributed by atoms with Gasteiger partial charge in [0.15, 0.2) is 6.10 Å². The van der Waals surface area contributed by atoms with Gasteiger partial charge in [-0.3, -0.25) is 9.69 Å². The lowest BCUT2D eigenvalue weighted by molar-refractivity contribution is -0.142. The monoisotopic (exact) mass is 719 g/mol. The first-order valence-corrected chi connectivity index (χ1v) is 18.9. The summed E-state index contributed by atoms with van der Waals surface area (Å²) in [4.78, 5) is 60.4. The van der Waals surface area contributed by atoms with Crippen LogP contribution in [0.25, 0.3) is 0 Å². The Hall–Kier alpha value is -4.52. The molecule has 2 N–H and O–H groups in total. The highest BCUT2D eigenvalue weighted by atomic mass is 16.7. The van der Waals surface area contributed by atoms with Gasteiger partial charge in [0.05, 0.1) is 6.61 Å². The van der Waals surface area contributed by atoms with E-state index in [1.165, 1.54) is 0 Å². The first-order chi connectivity index (χ1) is 25.1. The average molecular weight is 720 g/mol. The molecule has 0 aromatic heterocycles. The second-order valence-corrected chi connectivity index (χ2v) is 14.5. The predicted octanol–water partition coefficient (Wildman–Crippen LogP) is 5.24. The maximum atomic E-state index is 14.1. The Morgan fingerprint density at radius 1 is 0.865 bits per heavy atom. The highest BCUT2D eigenvalue weighted by molar-refractivity contribution is 5.91. The van der Waals surface area contributed by atoms with Crippen molar-refractivity contribution in [3.05, 3.63) is 58.7 Å². The molecule has 4 aliphatic rings. The topological polar surface area (TPSA) is 141 Å². The van der Waals surface area contributed by atoms with Gasteiger partial charge in [0.1, 0.15) is 11.9 Å². The van der Waals surface area contributed by atoms with Crippen LogP contribution in [0, 0.1) is 13.8 Å². The number of aromatic hydroxyl groups is 1. The minimum atomic E-state index is -1.02. The number of rotatable bonds is 8. The van der Waals surface area contributed by atoms with Gasteiger partial charge in [0.25, 0.3) is 5.91 Å². The van der Waals surface area contributed by atoms with Crippen LogP contribution in [0.1, 0.15) is 67.7 Å². The fourth-order valence-corrected chi connectivity index (χ4v) is 8.15. The van der Waals surface area contributed by atoms with Gasteiger partial charge in [0, 0.05) is 70.0 Å². The molecule has 6 rings (SSSR count). The first-order valence-electron chi connectivity index (χ1n) is 18.9. The quantitative estimate of drug-likeness (QED) is 0.351. The summed E-state index contributed by atoms with van der Waals surface area (Å²) in [6, 6.07) is 11.7. The molecule has 4 heterocycles. The largest absolute Gasteiger partial charge is 0.508 e. The zero-order chi connectivity index (χ0) is 36.8. The lowest BCUT2D eigenvalue weighted by Crippen LogP contribution is -2.53. The number of aryl methyl sites for hydroxylation is 2. The summed E-state index contributed by atoms with van der Waals surface area (Å²) < 4.78 is 16.4. The number of ether oxygens (including phenoxy) is 3. The number of urea groups is 1. The molecule has 1 atom stereocenters. The van der Waals surface area contributed by atoms with Gasteiger partial charge in [-0.15, -0.1) is 0 Å². The van der Waals surface area contributed by atoms with Gasteiger partial charge < -0.3 is 39.3 Å². The lowest BCUT2D eigenvalue weighted by Gasteiger charge is -2.42.